The third-order valence-electron chi connectivity index (χ3n) is 14.4. The number of Topliss-reactive ketones (excluding diaryl/α,β-unsaturated/α-hetero) is 1. The first-order chi connectivity index (χ1) is 19.7. The smallest absolute Gasteiger partial charge is 0.312 e. The number of carbonyl (C=O) groups is 2. The van der Waals surface area contributed by atoms with Crippen LogP contribution in [0.3, 0.4) is 0 Å². The number of methoxy groups -OCH3 is 1. The fourth-order valence-corrected chi connectivity index (χ4v) is 13.0. The minimum absolute atomic E-state index is 0.0270. The van der Waals surface area contributed by atoms with Crippen molar-refractivity contribution in [1.29, 1.82) is 0 Å². The van der Waals surface area contributed by atoms with Gasteiger partial charge in [-0.25, -0.2) is 0 Å². The Morgan fingerprint density at radius 2 is 1.71 bits per heavy atom. The summed E-state index contributed by atoms with van der Waals surface area (Å²) in [5.74, 6) is 2.53. The number of ether oxygens (including phenoxy) is 1. The Kier molecular flexibility index (Phi) is 7.31. The average Bonchev–Trinajstić information content (AvgIpc) is 3.33. The lowest BCUT2D eigenvalue weighted by molar-refractivity contribution is -0.232. The van der Waals surface area contributed by atoms with E-state index in [1.165, 1.54) is 22.0 Å². The first-order valence-corrected chi connectivity index (χ1v) is 17.5. The largest absolute Gasteiger partial charge is 0.469 e. The second-order valence-corrected chi connectivity index (χ2v) is 17.5. The highest BCUT2D eigenvalue weighted by molar-refractivity contribution is 14.1. The van der Waals surface area contributed by atoms with Gasteiger partial charge in [0.1, 0.15) is 0 Å². The van der Waals surface area contributed by atoms with Gasteiger partial charge in [-0.1, -0.05) is 58.9 Å². The molecule has 9 atom stereocenters. The van der Waals surface area contributed by atoms with Crippen LogP contribution < -0.4 is 0 Å². The normalized spacial score (nSPS) is 44.9. The van der Waals surface area contributed by atoms with Crippen LogP contribution in [0.25, 0.3) is 6.08 Å². The summed E-state index contributed by atoms with van der Waals surface area (Å²) in [4.78, 5) is 27.6. The van der Waals surface area contributed by atoms with Crippen molar-refractivity contribution in [3.05, 3.63) is 51.1 Å². The molecule has 0 aromatic heterocycles. The molecular weight excluding hydrogens is 631 g/mol. The fourth-order valence-electron chi connectivity index (χ4n) is 12.5. The molecule has 0 heterocycles. The molecule has 4 heteroatoms. The highest BCUT2D eigenvalue weighted by atomic mass is 127. The van der Waals surface area contributed by atoms with Crippen LogP contribution >= 0.6 is 22.6 Å². The van der Waals surface area contributed by atoms with E-state index < -0.39 is 0 Å². The van der Waals surface area contributed by atoms with E-state index in [0.29, 0.717) is 35.4 Å². The second kappa shape index (κ2) is 10.0. The third-order valence-corrected chi connectivity index (χ3v) is 15.1. The highest BCUT2D eigenvalue weighted by Gasteiger charge is 2.72. The summed E-state index contributed by atoms with van der Waals surface area (Å²) in [5, 5.41) is 0. The van der Waals surface area contributed by atoms with Crippen LogP contribution in [0.1, 0.15) is 105 Å². The maximum Gasteiger partial charge on any atom is 0.312 e. The van der Waals surface area contributed by atoms with Gasteiger partial charge in [0.25, 0.3) is 0 Å². The van der Waals surface area contributed by atoms with Crippen LogP contribution in [0.15, 0.2) is 42.0 Å². The molecule has 0 spiro atoms. The van der Waals surface area contributed by atoms with E-state index in [-0.39, 0.29) is 33.0 Å². The topological polar surface area (TPSA) is 43.4 Å². The van der Waals surface area contributed by atoms with Gasteiger partial charge in [0.15, 0.2) is 5.78 Å². The van der Waals surface area contributed by atoms with Crippen LogP contribution in [-0.2, 0) is 14.3 Å². The summed E-state index contributed by atoms with van der Waals surface area (Å²) in [6.07, 6.45) is 11.7. The highest BCUT2D eigenvalue weighted by Crippen LogP contribution is 2.77. The van der Waals surface area contributed by atoms with Crippen molar-refractivity contribution in [2.75, 3.05) is 7.11 Å². The van der Waals surface area contributed by atoms with Crippen molar-refractivity contribution in [1.82, 2.24) is 0 Å². The zero-order valence-corrected chi connectivity index (χ0v) is 29.1. The number of fused-ring (bicyclic) bond motifs is 7. The predicted octanol–water partition coefficient (Wildman–Crippen LogP) is 9.68. The summed E-state index contributed by atoms with van der Waals surface area (Å²) in [6, 6.07) is 8.53. The molecule has 5 aliphatic rings. The Morgan fingerprint density at radius 3 is 2.38 bits per heavy atom. The molecule has 0 saturated heterocycles. The van der Waals surface area contributed by atoms with Crippen molar-refractivity contribution in [2.45, 2.75) is 99.3 Å². The summed E-state index contributed by atoms with van der Waals surface area (Å²) in [6.45, 7) is 18.9. The Bertz CT molecular complexity index is 1360. The SMILES string of the molecule is C=C(C)[C@@H]1CC[C@]2(C(=O)OC)CC[C@]3(C)[C@H](CC[C@@H]4[C@@]5(C)C/C(=C/c6cccc(I)c6)C(=O)C(C)(C)C5CC[C@]43C)C12. The molecule has 5 aliphatic carbocycles. The van der Waals surface area contributed by atoms with Gasteiger partial charge < -0.3 is 4.74 Å². The quantitative estimate of drug-likeness (QED) is 0.138. The van der Waals surface area contributed by atoms with E-state index in [2.05, 4.69) is 101 Å². The molecule has 0 N–H and O–H groups in total. The molecule has 0 radical (unpaired) electrons. The number of hydrogen-bond acceptors (Lipinski definition) is 3. The minimum Gasteiger partial charge on any atom is -0.469 e. The van der Waals surface area contributed by atoms with Crippen molar-refractivity contribution >= 4 is 40.4 Å². The number of hydrogen-bond donors (Lipinski definition) is 0. The molecule has 6 rings (SSSR count). The molecule has 3 nitrogen and oxygen atoms in total. The number of carbonyl (C=O) groups excluding carboxylic acids is 2. The number of halogens is 1. The third kappa shape index (κ3) is 4.01. The van der Waals surface area contributed by atoms with Crippen LogP contribution in [0.5, 0.6) is 0 Å². The maximum absolute atomic E-state index is 14.1. The van der Waals surface area contributed by atoms with Gasteiger partial charge in [0.05, 0.1) is 12.5 Å². The molecule has 2 unspecified atom stereocenters. The molecular formula is C38H51IO3. The summed E-state index contributed by atoms with van der Waals surface area (Å²) >= 11 is 2.36. The van der Waals surface area contributed by atoms with Gasteiger partial charge in [-0.05, 0) is 162 Å². The molecule has 0 amide bonds. The standard InChI is InChI=1S/C38H51IO3/c1-23(2)27-14-17-38(33(41)42-8)19-18-36(6)28(31(27)38)12-13-30-35(5)22-25(20-24-10-9-11-26(39)21-24)32(40)34(3,4)29(35)15-16-37(30,36)7/h9-11,20-21,27-31H,1,12-19,22H2,2-8H3/b25-20-/t27-,28+,29?,30+,31?,35-,36+,37+,38-/m0/s1. The zero-order chi connectivity index (χ0) is 30.5. The molecule has 1 aromatic rings. The molecule has 42 heavy (non-hydrogen) atoms. The minimum atomic E-state index is -0.372. The predicted molar refractivity (Wildman–Crippen MR) is 179 cm³/mol. The lowest BCUT2D eigenvalue weighted by Crippen LogP contribution is -2.67. The molecule has 5 saturated carbocycles. The number of benzene rings is 1. The van der Waals surface area contributed by atoms with Crippen LogP contribution in [0.2, 0.25) is 0 Å². The van der Waals surface area contributed by atoms with E-state index in [1.807, 2.05) is 0 Å². The van der Waals surface area contributed by atoms with E-state index in [1.54, 1.807) is 7.11 Å². The Hall–Kier alpha value is -1.43. The Morgan fingerprint density at radius 1 is 0.976 bits per heavy atom. The average molecular weight is 683 g/mol. The van der Waals surface area contributed by atoms with Gasteiger partial charge in [-0.15, -0.1) is 0 Å². The molecule has 1 aromatic carbocycles. The summed E-state index contributed by atoms with van der Waals surface area (Å²) in [7, 11) is 1.59. The number of esters is 1. The van der Waals surface area contributed by atoms with Gasteiger partial charge in [-0.3, -0.25) is 9.59 Å². The van der Waals surface area contributed by atoms with Gasteiger partial charge in [0.2, 0.25) is 0 Å². The number of rotatable bonds is 3. The molecule has 0 bridgehead atoms. The second-order valence-electron chi connectivity index (χ2n) is 16.3. The van der Waals surface area contributed by atoms with Crippen molar-refractivity contribution < 1.29 is 14.3 Å². The van der Waals surface area contributed by atoms with E-state index in [9.17, 15) is 9.59 Å². The van der Waals surface area contributed by atoms with Crippen LogP contribution in [-0.4, -0.2) is 18.9 Å². The van der Waals surface area contributed by atoms with Crippen molar-refractivity contribution in [3.8, 4) is 0 Å². The van der Waals surface area contributed by atoms with Gasteiger partial charge in [0, 0.05) is 8.99 Å². The van der Waals surface area contributed by atoms with E-state index in [4.69, 9.17) is 4.74 Å². The first kappa shape index (κ1) is 30.6. The Labute approximate surface area is 267 Å². The van der Waals surface area contributed by atoms with E-state index in [0.717, 1.165) is 56.1 Å². The van der Waals surface area contributed by atoms with E-state index >= 15 is 0 Å². The fraction of sp³-hybridized carbons (Fsp3) is 0.684. The van der Waals surface area contributed by atoms with Crippen molar-refractivity contribution in [3.63, 3.8) is 0 Å². The molecule has 0 aliphatic heterocycles. The molecule has 5 fully saturated rings. The Balaban J connectivity index is 1.42. The van der Waals surface area contributed by atoms with Crippen LogP contribution in [0.4, 0.5) is 0 Å². The summed E-state index contributed by atoms with van der Waals surface area (Å²) < 4.78 is 6.75. The number of ketones is 1. The summed E-state index contributed by atoms with van der Waals surface area (Å²) in [5.41, 5.74) is 3.05. The van der Waals surface area contributed by atoms with Gasteiger partial charge in [-0.2, -0.15) is 0 Å². The zero-order valence-electron chi connectivity index (χ0n) is 26.9. The van der Waals surface area contributed by atoms with Gasteiger partial charge >= 0.3 is 5.97 Å². The monoisotopic (exact) mass is 682 g/mol. The molecule has 228 valence electrons. The van der Waals surface area contributed by atoms with Crippen molar-refractivity contribution in [2.24, 2.45) is 56.7 Å². The first-order valence-electron chi connectivity index (χ1n) is 16.4. The maximum atomic E-state index is 14.1. The number of allylic oxidation sites excluding steroid dienone is 2. The lowest BCUT2D eigenvalue weighted by atomic mass is 9.32. The van der Waals surface area contributed by atoms with Crippen LogP contribution in [0, 0.1) is 60.2 Å². The lowest BCUT2D eigenvalue weighted by Gasteiger charge is -2.72.